The number of esters is 4. The van der Waals surface area contributed by atoms with Crippen molar-refractivity contribution in [2.45, 2.75) is 27.7 Å². The van der Waals surface area contributed by atoms with E-state index in [4.69, 9.17) is 18.9 Å². The van der Waals surface area contributed by atoms with E-state index in [1.165, 1.54) is 38.1 Å². The molecule has 0 spiro atoms. The van der Waals surface area contributed by atoms with Crippen LogP contribution in [0.25, 0.3) is 43.1 Å². The highest BCUT2D eigenvalue weighted by molar-refractivity contribution is 6.38. The monoisotopic (exact) mass is 514 g/mol. The van der Waals surface area contributed by atoms with Crippen LogP contribution in [-0.2, 0) is 19.2 Å². The van der Waals surface area contributed by atoms with Gasteiger partial charge in [-0.3, -0.25) is 28.8 Å². The van der Waals surface area contributed by atoms with Gasteiger partial charge >= 0.3 is 23.9 Å². The highest BCUT2D eigenvalue weighted by Gasteiger charge is 2.28. The molecule has 5 rings (SSSR count). The molecule has 0 aliphatic rings. The zero-order chi connectivity index (χ0) is 27.5. The van der Waals surface area contributed by atoms with Gasteiger partial charge in [0, 0.05) is 82.9 Å². The molecule has 0 unspecified atom stereocenters. The molecule has 0 N–H and O–H groups in total. The van der Waals surface area contributed by atoms with E-state index in [1.807, 2.05) is 0 Å². The van der Waals surface area contributed by atoms with Gasteiger partial charge in [-0.25, -0.2) is 0 Å². The second-order valence-corrected chi connectivity index (χ2v) is 8.59. The Labute approximate surface area is 212 Å². The molecule has 0 heterocycles. The van der Waals surface area contributed by atoms with Gasteiger partial charge in [-0.1, -0.05) is 0 Å². The SMILES string of the molecule is CC(=O)Oc1ccc2c(=O)cc(OC(C)=O)c3c4c(OC(C)=O)cc(=O)c5ccc(OC(C)=O)c(c1c23)c54. The van der Waals surface area contributed by atoms with E-state index in [1.54, 1.807) is 0 Å². The molecule has 0 saturated carbocycles. The Balaban J connectivity index is 2.24. The van der Waals surface area contributed by atoms with Gasteiger partial charge in [-0.2, -0.15) is 0 Å². The lowest BCUT2D eigenvalue weighted by Crippen LogP contribution is -2.12. The summed E-state index contributed by atoms with van der Waals surface area (Å²) in [7, 11) is 0. The average Bonchev–Trinajstić information content (AvgIpc) is 2.79. The first kappa shape index (κ1) is 24.6. The third-order valence-corrected chi connectivity index (χ3v) is 5.90. The lowest BCUT2D eigenvalue weighted by atomic mass is 9.87. The number of hydrogen-bond acceptors (Lipinski definition) is 10. The molecule has 5 aromatic carbocycles. The van der Waals surface area contributed by atoms with Crippen molar-refractivity contribution in [3.05, 3.63) is 56.8 Å². The normalized spacial score (nSPS) is 11.3. The lowest BCUT2D eigenvalue weighted by molar-refractivity contribution is -0.132. The van der Waals surface area contributed by atoms with Crippen molar-refractivity contribution < 1.29 is 38.1 Å². The van der Waals surface area contributed by atoms with Crippen LogP contribution in [0, 0.1) is 0 Å². The second kappa shape index (κ2) is 8.77. The molecule has 0 aromatic heterocycles. The van der Waals surface area contributed by atoms with E-state index >= 15 is 0 Å². The summed E-state index contributed by atoms with van der Waals surface area (Å²) in [4.78, 5) is 74.5. The topological polar surface area (TPSA) is 139 Å². The summed E-state index contributed by atoms with van der Waals surface area (Å²) < 4.78 is 21.8. The minimum absolute atomic E-state index is 0.00233. The fraction of sp³-hybridized carbons (Fsp3) is 0.143. The Hall–Kier alpha value is -5.12. The molecule has 0 fully saturated rings. The fourth-order valence-electron chi connectivity index (χ4n) is 4.82. The van der Waals surface area contributed by atoms with Gasteiger partial charge in [0.25, 0.3) is 0 Å². The molecule has 0 aliphatic carbocycles. The zero-order valence-corrected chi connectivity index (χ0v) is 20.5. The second-order valence-electron chi connectivity index (χ2n) is 8.59. The molecule has 0 aliphatic heterocycles. The van der Waals surface area contributed by atoms with Crippen molar-refractivity contribution in [1.82, 2.24) is 0 Å². The molecule has 38 heavy (non-hydrogen) atoms. The standard InChI is InChI=1S/C28H18O10/c1-11(29)35-19-7-5-15-17(33)9-21(37-13(3)31)27-23(15)25(19)26-20(36-12(2)30)8-6-16-18(34)10-22(38-14(4)32)28(27)24(16)26/h5-10H,1-4H3. The van der Waals surface area contributed by atoms with Crippen LogP contribution in [0.1, 0.15) is 27.7 Å². The first-order chi connectivity index (χ1) is 18.0. The Morgan fingerprint density at radius 2 is 0.737 bits per heavy atom. The molecule has 0 radical (unpaired) electrons. The molecule has 0 saturated heterocycles. The number of ether oxygens (including phenoxy) is 4. The Bertz CT molecular complexity index is 1810. The molecule has 10 nitrogen and oxygen atoms in total. The summed E-state index contributed by atoms with van der Waals surface area (Å²) in [5, 5.41) is 1.32. The van der Waals surface area contributed by atoms with E-state index in [0.717, 1.165) is 26.0 Å². The largest absolute Gasteiger partial charge is 0.426 e. The maximum atomic E-state index is 13.2. The molecule has 190 valence electrons. The van der Waals surface area contributed by atoms with Crippen molar-refractivity contribution in [2.75, 3.05) is 0 Å². The maximum Gasteiger partial charge on any atom is 0.308 e. The van der Waals surface area contributed by atoms with E-state index in [9.17, 15) is 28.8 Å². The first-order valence-electron chi connectivity index (χ1n) is 11.3. The van der Waals surface area contributed by atoms with Crippen LogP contribution in [0.15, 0.2) is 46.0 Å². The van der Waals surface area contributed by atoms with E-state index in [-0.39, 0.29) is 66.1 Å². The van der Waals surface area contributed by atoms with Crippen LogP contribution >= 0.6 is 0 Å². The number of rotatable bonds is 4. The minimum Gasteiger partial charge on any atom is -0.426 e. The average molecular weight is 514 g/mol. The van der Waals surface area contributed by atoms with Crippen molar-refractivity contribution in [3.63, 3.8) is 0 Å². The lowest BCUT2D eigenvalue weighted by Gasteiger charge is -2.20. The highest BCUT2D eigenvalue weighted by atomic mass is 16.5. The fourth-order valence-corrected chi connectivity index (χ4v) is 4.82. The third-order valence-electron chi connectivity index (χ3n) is 5.90. The number of benzene rings is 5. The Morgan fingerprint density at radius 3 is 1.05 bits per heavy atom. The summed E-state index contributed by atoms with van der Waals surface area (Å²) in [5.74, 6) is -3.13. The van der Waals surface area contributed by atoms with Gasteiger partial charge in [0.2, 0.25) is 0 Å². The van der Waals surface area contributed by atoms with Gasteiger partial charge < -0.3 is 18.9 Å². The van der Waals surface area contributed by atoms with Gasteiger partial charge in [-0.15, -0.1) is 0 Å². The van der Waals surface area contributed by atoms with Crippen LogP contribution in [0.5, 0.6) is 23.0 Å². The van der Waals surface area contributed by atoms with Crippen LogP contribution in [0.2, 0.25) is 0 Å². The van der Waals surface area contributed by atoms with Gasteiger partial charge in [0.15, 0.2) is 10.9 Å². The van der Waals surface area contributed by atoms with Crippen molar-refractivity contribution in [3.8, 4) is 23.0 Å². The molecule has 0 atom stereocenters. The third kappa shape index (κ3) is 3.83. The highest BCUT2D eigenvalue weighted by Crippen LogP contribution is 2.50. The van der Waals surface area contributed by atoms with Crippen LogP contribution in [0.4, 0.5) is 0 Å². The Kier molecular flexibility index (Phi) is 5.67. The van der Waals surface area contributed by atoms with Crippen LogP contribution in [-0.4, -0.2) is 23.9 Å². The smallest absolute Gasteiger partial charge is 0.308 e. The quantitative estimate of drug-likeness (QED) is 0.151. The van der Waals surface area contributed by atoms with Gasteiger partial charge in [0.1, 0.15) is 23.0 Å². The number of carbonyl (C=O) groups is 4. The molecular weight excluding hydrogens is 496 g/mol. The van der Waals surface area contributed by atoms with Crippen LogP contribution in [0.3, 0.4) is 0 Å². The van der Waals surface area contributed by atoms with Gasteiger partial charge in [0.05, 0.1) is 0 Å². The van der Waals surface area contributed by atoms with Gasteiger partial charge in [-0.05, 0) is 24.3 Å². The number of carbonyl (C=O) groups excluding carboxylic acids is 4. The number of fused-ring (bicyclic) bond motifs is 2. The summed E-state index contributed by atoms with van der Waals surface area (Å²) in [6.45, 7) is 4.67. The maximum absolute atomic E-state index is 13.2. The van der Waals surface area contributed by atoms with E-state index in [2.05, 4.69) is 0 Å². The van der Waals surface area contributed by atoms with Crippen molar-refractivity contribution in [1.29, 1.82) is 0 Å². The summed E-state index contributed by atoms with van der Waals surface area (Å²) in [5.41, 5.74) is -1.04. The Morgan fingerprint density at radius 1 is 0.447 bits per heavy atom. The molecular formula is C28H18O10. The molecule has 10 heteroatoms. The van der Waals surface area contributed by atoms with Crippen molar-refractivity contribution >= 4 is 67.0 Å². The summed E-state index contributed by atoms with van der Waals surface area (Å²) >= 11 is 0. The van der Waals surface area contributed by atoms with E-state index < -0.39 is 34.7 Å². The molecule has 0 amide bonds. The summed E-state index contributed by atoms with van der Waals surface area (Å²) in [6.07, 6.45) is 0. The minimum atomic E-state index is -0.733. The predicted molar refractivity (Wildman–Crippen MR) is 137 cm³/mol. The first-order valence-corrected chi connectivity index (χ1v) is 11.3. The molecule has 0 bridgehead atoms. The number of hydrogen-bond donors (Lipinski definition) is 0. The van der Waals surface area contributed by atoms with Crippen molar-refractivity contribution in [2.24, 2.45) is 0 Å². The zero-order valence-electron chi connectivity index (χ0n) is 20.5. The predicted octanol–water partition coefficient (Wildman–Crippen LogP) is 3.60. The van der Waals surface area contributed by atoms with Crippen LogP contribution < -0.4 is 29.8 Å². The molecule has 5 aromatic rings. The van der Waals surface area contributed by atoms with E-state index in [0.29, 0.717) is 0 Å². The summed E-state index contributed by atoms with van der Waals surface area (Å²) in [6, 6.07) is 7.92.